The fourth-order valence-electron chi connectivity index (χ4n) is 3.25. The van der Waals surface area contributed by atoms with Gasteiger partial charge in [-0.1, -0.05) is 51.2 Å². The Bertz CT molecular complexity index is 563. The quantitative estimate of drug-likeness (QED) is 0.836. The molecular formula is C17H28N4S2. The van der Waals surface area contributed by atoms with E-state index >= 15 is 0 Å². The standard InChI is InChI=1S/C17H28N4S2/c1-10(2)13-14(11(3)4)19-15(18-13)22-7-12-8-23-16-20-17(5,6)9-21(12)16/h8,10-11,13-14H,7,9H2,1-6H3,(H,18,19)/t13-,14?/m0/s1. The minimum Gasteiger partial charge on any atom is -0.360 e. The minimum absolute atomic E-state index is 0.0428. The molecule has 0 aliphatic carbocycles. The molecular weight excluding hydrogens is 324 g/mol. The molecule has 1 N–H and O–H groups in total. The summed E-state index contributed by atoms with van der Waals surface area (Å²) < 4.78 is 0. The second-order valence-electron chi connectivity index (χ2n) is 7.89. The Morgan fingerprint density at radius 2 is 2.09 bits per heavy atom. The molecule has 128 valence electrons. The van der Waals surface area contributed by atoms with Crippen LogP contribution in [0, 0.1) is 11.8 Å². The largest absolute Gasteiger partial charge is 0.360 e. The van der Waals surface area contributed by atoms with Gasteiger partial charge in [0.15, 0.2) is 10.3 Å². The Kier molecular flexibility index (Phi) is 4.76. The Labute approximate surface area is 148 Å². The molecule has 2 atom stereocenters. The van der Waals surface area contributed by atoms with Crippen molar-refractivity contribution in [3.05, 3.63) is 11.1 Å². The summed E-state index contributed by atoms with van der Waals surface area (Å²) in [5.74, 6) is 2.14. The molecule has 23 heavy (non-hydrogen) atoms. The highest BCUT2D eigenvalue weighted by Crippen LogP contribution is 2.37. The second kappa shape index (κ2) is 6.36. The molecule has 0 spiro atoms. The van der Waals surface area contributed by atoms with E-state index in [2.05, 4.69) is 57.2 Å². The molecule has 3 rings (SSSR count). The lowest BCUT2D eigenvalue weighted by atomic mass is 9.90. The van der Waals surface area contributed by atoms with Crippen LogP contribution in [0.25, 0.3) is 0 Å². The van der Waals surface area contributed by atoms with Gasteiger partial charge < -0.3 is 10.2 Å². The molecule has 0 aromatic carbocycles. The number of nitrogens with one attached hydrogen (secondary N) is 1. The monoisotopic (exact) mass is 352 g/mol. The van der Waals surface area contributed by atoms with Crippen molar-refractivity contribution in [3.8, 4) is 0 Å². The lowest BCUT2D eigenvalue weighted by Crippen LogP contribution is -2.40. The first-order valence-corrected chi connectivity index (χ1v) is 10.3. The highest BCUT2D eigenvalue weighted by Gasteiger charge is 2.37. The SMILES string of the molecule is CC(C)C1N=C(SCC2=CSC3=NC(C)(C)CN23)N[C@H]1C(C)C. The molecule has 1 unspecified atom stereocenters. The minimum atomic E-state index is 0.0428. The van der Waals surface area contributed by atoms with Crippen LogP contribution in [0.2, 0.25) is 0 Å². The Morgan fingerprint density at radius 1 is 1.35 bits per heavy atom. The molecule has 0 aromatic rings. The number of aliphatic imine (C=N–C) groups is 2. The molecule has 6 heteroatoms. The van der Waals surface area contributed by atoms with E-state index in [1.165, 1.54) is 5.70 Å². The highest BCUT2D eigenvalue weighted by molar-refractivity contribution is 8.17. The van der Waals surface area contributed by atoms with E-state index in [4.69, 9.17) is 9.98 Å². The summed E-state index contributed by atoms with van der Waals surface area (Å²) in [5.41, 5.74) is 1.41. The van der Waals surface area contributed by atoms with Crippen LogP contribution < -0.4 is 5.32 Å². The molecule has 0 aromatic heterocycles. The first-order chi connectivity index (χ1) is 10.8. The smallest absolute Gasteiger partial charge is 0.168 e. The van der Waals surface area contributed by atoms with Crippen LogP contribution in [0.5, 0.6) is 0 Å². The molecule has 3 heterocycles. The van der Waals surface area contributed by atoms with Gasteiger partial charge in [-0.2, -0.15) is 0 Å². The van der Waals surface area contributed by atoms with Gasteiger partial charge in [-0.05, 0) is 31.1 Å². The fraction of sp³-hybridized carbons (Fsp3) is 0.765. The maximum absolute atomic E-state index is 4.95. The van der Waals surface area contributed by atoms with Crippen molar-refractivity contribution in [3.63, 3.8) is 0 Å². The third-order valence-electron chi connectivity index (χ3n) is 4.50. The fourth-order valence-corrected chi connectivity index (χ4v) is 5.35. The molecule has 0 saturated heterocycles. The van der Waals surface area contributed by atoms with Crippen molar-refractivity contribution >= 4 is 33.9 Å². The first-order valence-electron chi connectivity index (χ1n) is 8.47. The van der Waals surface area contributed by atoms with Crippen molar-refractivity contribution in [1.82, 2.24) is 10.2 Å². The zero-order chi connectivity index (χ0) is 16.8. The first kappa shape index (κ1) is 17.2. The van der Waals surface area contributed by atoms with Crippen LogP contribution in [0.1, 0.15) is 41.5 Å². The number of hydrogen-bond acceptors (Lipinski definition) is 6. The third-order valence-corrected chi connectivity index (χ3v) is 6.35. The van der Waals surface area contributed by atoms with Crippen molar-refractivity contribution in [2.75, 3.05) is 12.3 Å². The molecule has 0 radical (unpaired) electrons. The van der Waals surface area contributed by atoms with Gasteiger partial charge in [0, 0.05) is 18.0 Å². The third kappa shape index (κ3) is 3.58. The Hall–Kier alpha value is -0.620. The summed E-state index contributed by atoms with van der Waals surface area (Å²) >= 11 is 3.59. The Balaban J connectivity index is 1.60. The van der Waals surface area contributed by atoms with E-state index in [-0.39, 0.29) is 5.54 Å². The lowest BCUT2D eigenvalue weighted by Gasteiger charge is -2.24. The van der Waals surface area contributed by atoms with Crippen molar-refractivity contribution < 1.29 is 0 Å². The van der Waals surface area contributed by atoms with Gasteiger partial charge in [0.2, 0.25) is 0 Å². The van der Waals surface area contributed by atoms with Crippen molar-refractivity contribution in [1.29, 1.82) is 0 Å². The predicted octanol–water partition coefficient (Wildman–Crippen LogP) is 3.77. The number of rotatable bonds is 4. The van der Waals surface area contributed by atoms with Crippen LogP contribution in [0.4, 0.5) is 0 Å². The van der Waals surface area contributed by atoms with E-state index in [0.29, 0.717) is 23.9 Å². The molecule has 0 saturated carbocycles. The topological polar surface area (TPSA) is 40.0 Å². The molecule has 3 aliphatic heterocycles. The van der Waals surface area contributed by atoms with E-state index in [9.17, 15) is 0 Å². The van der Waals surface area contributed by atoms with Crippen LogP contribution >= 0.6 is 23.5 Å². The zero-order valence-corrected chi connectivity index (χ0v) is 16.6. The highest BCUT2D eigenvalue weighted by atomic mass is 32.2. The van der Waals surface area contributed by atoms with E-state index in [0.717, 1.165) is 22.6 Å². The predicted molar refractivity (Wildman–Crippen MR) is 104 cm³/mol. The van der Waals surface area contributed by atoms with Gasteiger partial charge in [-0.25, -0.2) is 0 Å². The number of hydrogen-bond donors (Lipinski definition) is 1. The van der Waals surface area contributed by atoms with Gasteiger partial charge in [-0.3, -0.25) is 9.98 Å². The van der Waals surface area contributed by atoms with Crippen LogP contribution in [0.15, 0.2) is 21.1 Å². The van der Waals surface area contributed by atoms with Gasteiger partial charge in [0.1, 0.15) is 0 Å². The van der Waals surface area contributed by atoms with Gasteiger partial charge >= 0.3 is 0 Å². The summed E-state index contributed by atoms with van der Waals surface area (Å²) in [6, 6.07) is 0.861. The maximum atomic E-state index is 4.95. The maximum Gasteiger partial charge on any atom is 0.168 e. The number of nitrogens with zero attached hydrogens (tertiary/aromatic N) is 3. The van der Waals surface area contributed by atoms with Gasteiger partial charge in [-0.15, -0.1) is 0 Å². The number of thioether (sulfide) groups is 2. The molecule has 0 fully saturated rings. The molecule has 3 aliphatic rings. The van der Waals surface area contributed by atoms with Crippen LogP contribution in [-0.2, 0) is 0 Å². The summed E-state index contributed by atoms with van der Waals surface area (Å²) in [6.45, 7) is 14.5. The summed E-state index contributed by atoms with van der Waals surface area (Å²) in [4.78, 5) is 12.1. The Morgan fingerprint density at radius 3 is 2.70 bits per heavy atom. The lowest BCUT2D eigenvalue weighted by molar-refractivity contribution is 0.348. The van der Waals surface area contributed by atoms with Crippen LogP contribution in [0.3, 0.4) is 0 Å². The normalized spacial score (nSPS) is 28.9. The molecule has 0 bridgehead atoms. The molecule has 4 nitrogen and oxygen atoms in total. The van der Waals surface area contributed by atoms with Gasteiger partial charge in [0.05, 0.1) is 17.6 Å². The average Bonchev–Trinajstić information content (AvgIpc) is 3.08. The average molecular weight is 353 g/mol. The number of amidine groups is 2. The van der Waals surface area contributed by atoms with Crippen LogP contribution in [-0.4, -0.2) is 45.2 Å². The summed E-state index contributed by atoms with van der Waals surface area (Å²) in [7, 11) is 0. The van der Waals surface area contributed by atoms with E-state index < -0.39 is 0 Å². The molecule has 0 amide bonds. The van der Waals surface area contributed by atoms with E-state index in [1.807, 2.05) is 11.8 Å². The van der Waals surface area contributed by atoms with Crippen molar-refractivity contribution in [2.45, 2.75) is 59.2 Å². The zero-order valence-electron chi connectivity index (χ0n) is 15.0. The van der Waals surface area contributed by atoms with E-state index in [1.54, 1.807) is 11.8 Å². The summed E-state index contributed by atoms with van der Waals surface area (Å²) in [5, 5.41) is 8.17. The van der Waals surface area contributed by atoms with Crippen molar-refractivity contribution in [2.24, 2.45) is 21.8 Å². The number of fused-ring (bicyclic) bond motifs is 1. The second-order valence-corrected chi connectivity index (χ2v) is 9.69. The van der Waals surface area contributed by atoms with Gasteiger partial charge in [0.25, 0.3) is 0 Å². The summed E-state index contributed by atoms with van der Waals surface area (Å²) in [6.07, 6.45) is 0.